The first-order valence-corrected chi connectivity index (χ1v) is 11.4. The molecule has 0 unspecified atom stereocenters. The summed E-state index contributed by atoms with van der Waals surface area (Å²) in [5, 5.41) is 0.123. The van der Waals surface area contributed by atoms with Crippen LogP contribution in [0.1, 0.15) is 38.8 Å². The van der Waals surface area contributed by atoms with Gasteiger partial charge in [-0.2, -0.15) is 8.42 Å². The summed E-state index contributed by atoms with van der Waals surface area (Å²) in [5.74, 6) is 0.555. The number of benzene rings is 2. The molecule has 2 aromatic carbocycles. The summed E-state index contributed by atoms with van der Waals surface area (Å²) in [5.41, 5.74) is 1.42. The fraction of sp³-hybridized carbons (Fsp3) is 0.409. The van der Waals surface area contributed by atoms with Crippen molar-refractivity contribution in [1.29, 1.82) is 0 Å². The average Bonchev–Trinajstić information content (AvgIpc) is 2.61. The number of hydrogen-bond acceptors (Lipinski definition) is 4. The summed E-state index contributed by atoms with van der Waals surface area (Å²) in [7, 11) is -4.05. The van der Waals surface area contributed by atoms with Crippen LogP contribution in [0.25, 0.3) is 0 Å². The van der Waals surface area contributed by atoms with Gasteiger partial charge in [-0.25, -0.2) is 0 Å². The second-order valence-electron chi connectivity index (χ2n) is 7.83. The number of rotatable bonds is 8. The third kappa shape index (κ3) is 6.21. The van der Waals surface area contributed by atoms with Gasteiger partial charge in [-0.05, 0) is 42.2 Å². The van der Waals surface area contributed by atoms with Gasteiger partial charge in [0.15, 0.2) is 0 Å². The van der Waals surface area contributed by atoms with Crippen molar-refractivity contribution in [2.24, 2.45) is 11.8 Å². The molecule has 7 heteroatoms. The smallest absolute Gasteiger partial charge is 0.340 e. The highest BCUT2D eigenvalue weighted by atomic mass is 35.5. The van der Waals surface area contributed by atoms with Gasteiger partial charge in [0.25, 0.3) is 0 Å². The number of carbonyl (C=O) groups excluding carboxylic acids is 1. The summed E-state index contributed by atoms with van der Waals surface area (Å²) in [6.45, 7) is 10.7. The molecule has 0 aliphatic heterocycles. The molecule has 1 amide bonds. The van der Waals surface area contributed by atoms with Gasteiger partial charge in [-0.1, -0.05) is 63.6 Å². The SMILES string of the molecule is Cc1cccc(Cl)c1S(=O)(=O)Oc1ccc(CN(CC(C)C)C(=O)C(C)C)cc1. The zero-order valence-electron chi connectivity index (χ0n) is 17.5. The second-order valence-corrected chi connectivity index (χ2v) is 9.72. The number of carbonyl (C=O) groups is 1. The Bertz CT molecular complexity index is 933. The van der Waals surface area contributed by atoms with Crippen LogP contribution in [0.5, 0.6) is 5.75 Å². The predicted octanol–water partition coefficient (Wildman–Crippen LogP) is 5.06. The number of nitrogens with zero attached hydrogens (tertiary/aromatic N) is 1. The molecule has 2 aromatic rings. The van der Waals surface area contributed by atoms with Gasteiger partial charge in [-0.3, -0.25) is 4.79 Å². The molecule has 0 aliphatic rings. The number of halogens is 1. The van der Waals surface area contributed by atoms with Crippen molar-refractivity contribution in [2.45, 2.75) is 46.1 Å². The van der Waals surface area contributed by atoms with Crippen molar-refractivity contribution in [2.75, 3.05) is 6.54 Å². The van der Waals surface area contributed by atoms with Gasteiger partial charge in [0.1, 0.15) is 10.6 Å². The Morgan fingerprint density at radius 3 is 2.21 bits per heavy atom. The van der Waals surface area contributed by atoms with E-state index < -0.39 is 10.1 Å². The van der Waals surface area contributed by atoms with Crippen LogP contribution in [0.4, 0.5) is 0 Å². The van der Waals surface area contributed by atoms with E-state index in [1.54, 1.807) is 43.3 Å². The van der Waals surface area contributed by atoms with Crippen molar-refractivity contribution >= 4 is 27.6 Å². The van der Waals surface area contributed by atoms with Crippen LogP contribution in [0.2, 0.25) is 5.02 Å². The van der Waals surface area contributed by atoms with E-state index in [-0.39, 0.29) is 27.5 Å². The minimum Gasteiger partial charge on any atom is -0.379 e. The van der Waals surface area contributed by atoms with Gasteiger partial charge >= 0.3 is 10.1 Å². The van der Waals surface area contributed by atoms with Crippen LogP contribution in [-0.2, 0) is 21.5 Å². The van der Waals surface area contributed by atoms with Crippen molar-refractivity contribution in [1.82, 2.24) is 4.90 Å². The maximum atomic E-state index is 12.6. The summed E-state index contributed by atoms with van der Waals surface area (Å²) in [6.07, 6.45) is 0. The van der Waals surface area contributed by atoms with Gasteiger partial charge in [-0.15, -0.1) is 0 Å². The quantitative estimate of drug-likeness (QED) is 0.541. The number of amides is 1. The molecule has 0 atom stereocenters. The lowest BCUT2D eigenvalue weighted by Gasteiger charge is -2.26. The molecular weight excluding hydrogens is 410 g/mol. The highest BCUT2D eigenvalue weighted by molar-refractivity contribution is 7.87. The van der Waals surface area contributed by atoms with Gasteiger partial charge < -0.3 is 9.08 Å². The molecule has 0 aliphatic carbocycles. The molecule has 29 heavy (non-hydrogen) atoms. The van der Waals surface area contributed by atoms with E-state index in [9.17, 15) is 13.2 Å². The summed E-state index contributed by atoms with van der Waals surface area (Å²) in [6, 6.07) is 11.6. The van der Waals surface area contributed by atoms with Crippen LogP contribution in [-0.4, -0.2) is 25.8 Å². The topological polar surface area (TPSA) is 63.7 Å². The maximum absolute atomic E-state index is 12.6. The fourth-order valence-corrected chi connectivity index (χ4v) is 4.73. The number of hydrogen-bond donors (Lipinski definition) is 0. The lowest BCUT2D eigenvalue weighted by atomic mass is 10.1. The van der Waals surface area contributed by atoms with Crippen molar-refractivity contribution < 1.29 is 17.4 Å². The molecule has 0 saturated heterocycles. The van der Waals surface area contributed by atoms with Crippen LogP contribution >= 0.6 is 11.6 Å². The largest absolute Gasteiger partial charge is 0.379 e. The molecule has 0 bridgehead atoms. The molecule has 0 fully saturated rings. The van der Waals surface area contributed by atoms with E-state index in [2.05, 4.69) is 13.8 Å². The van der Waals surface area contributed by atoms with Gasteiger partial charge in [0.05, 0.1) is 5.02 Å². The van der Waals surface area contributed by atoms with Gasteiger partial charge in [0, 0.05) is 19.0 Å². The summed E-state index contributed by atoms with van der Waals surface area (Å²) in [4.78, 5) is 14.3. The Labute approximate surface area is 178 Å². The van der Waals surface area contributed by atoms with Crippen molar-refractivity contribution in [3.05, 3.63) is 58.6 Å². The molecule has 0 saturated carbocycles. The molecule has 0 heterocycles. The Morgan fingerprint density at radius 2 is 1.69 bits per heavy atom. The standard InChI is InChI=1S/C22H28ClNO4S/c1-15(2)13-24(22(25)16(3)4)14-18-9-11-19(12-10-18)28-29(26,27)21-17(5)7-6-8-20(21)23/h6-12,15-16H,13-14H2,1-5H3. The molecule has 0 spiro atoms. The molecule has 2 rings (SSSR count). The summed E-state index contributed by atoms with van der Waals surface area (Å²) >= 11 is 6.06. The van der Waals surface area contributed by atoms with E-state index in [4.69, 9.17) is 15.8 Å². The highest BCUT2D eigenvalue weighted by Gasteiger charge is 2.23. The van der Waals surface area contributed by atoms with Crippen molar-refractivity contribution in [3.63, 3.8) is 0 Å². The Balaban J connectivity index is 2.18. The molecule has 0 aromatic heterocycles. The lowest BCUT2D eigenvalue weighted by molar-refractivity contribution is -0.135. The van der Waals surface area contributed by atoms with E-state index in [1.165, 1.54) is 6.07 Å². The molecule has 158 valence electrons. The average molecular weight is 438 g/mol. The van der Waals surface area contributed by atoms with E-state index in [1.807, 2.05) is 18.7 Å². The third-order valence-electron chi connectivity index (χ3n) is 4.31. The first kappa shape index (κ1) is 23.2. The molecule has 0 N–H and O–H groups in total. The molecule has 0 radical (unpaired) electrons. The van der Waals surface area contributed by atoms with Crippen LogP contribution in [0, 0.1) is 18.8 Å². The van der Waals surface area contributed by atoms with Crippen LogP contribution in [0.15, 0.2) is 47.4 Å². The highest BCUT2D eigenvalue weighted by Crippen LogP contribution is 2.28. The zero-order chi connectivity index (χ0) is 21.8. The normalized spacial score (nSPS) is 11.7. The zero-order valence-corrected chi connectivity index (χ0v) is 19.0. The van der Waals surface area contributed by atoms with Gasteiger partial charge in [0.2, 0.25) is 5.91 Å². The third-order valence-corrected chi connectivity index (χ3v) is 6.19. The maximum Gasteiger partial charge on any atom is 0.340 e. The second kappa shape index (κ2) is 9.63. The van der Waals surface area contributed by atoms with Crippen molar-refractivity contribution in [3.8, 4) is 5.75 Å². The monoisotopic (exact) mass is 437 g/mol. The Morgan fingerprint density at radius 1 is 1.07 bits per heavy atom. The minimum atomic E-state index is -4.05. The summed E-state index contributed by atoms with van der Waals surface area (Å²) < 4.78 is 30.5. The Kier molecular flexibility index (Phi) is 7.72. The minimum absolute atomic E-state index is 0.0311. The fourth-order valence-electron chi connectivity index (χ4n) is 3.01. The molecule has 5 nitrogen and oxygen atoms in total. The van der Waals surface area contributed by atoms with E-state index >= 15 is 0 Å². The molecular formula is C22H28ClNO4S. The Hall–Kier alpha value is -2.05. The van der Waals surface area contributed by atoms with E-state index in [0.717, 1.165) is 5.56 Å². The predicted molar refractivity (Wildman–Crippen MR) is 116 cm³/mol. The van der Waals surface area contributed by atoms with E-state index in [0.29, 0.717) is 24.6 Å². The first-order valence-electron chi connectivity index (χ1n) is 9.58. The van der Waals surface area contributed by atoms with Crippen LogP contribution in [0.3, 0.4) is 0 Å². The lowest BCUT2D eigenvalue weighted by Crippen LogP contribution is -2.36. The van der Waals surface area contributed by atoms with Crippen LogP contribution < -0.4 is 4.18 Å². The number of aryl methyl sites for hydroxylation is 1. The first-order chi connectivity index (χ1) is 13.5.